The van der Waals surface area contributed by atoms with Gasteiger partial charge in [-0.3, -0.25) is 67.1 Å². The zero-order valence-electron chi connectivity index (χ0n) is 79.3. The molecule has 0 amide bonds. The Kier molecular flexibility index (Phi) is 96.5. The molecule has 0 N–H and O–H groups in total. The first kappa shape index (κ1) is 125. The molecule has 0 saturated heterocycles. The lowest BCUT2D eigenvalue weighted by Crippen LogP contribution is -2.23. The predicted molar refractivity (Wildman–Crippen MR) is 473 cm³/mol. The number of benzene rings is 1. The smallest absolute Gasteiger partial charge is 0.311 e. The van der Waals surface area contributed by atoms with Crippen LogP contribution in [0.2, 0.25) is 0 Å². The van der Waals surface area contributed by atoms with E-state index in [2.05, 4.69) is 0 Å². The minimum absolute atomic E-state index is 0.0804. The lowest BCUT2D eigenvalue weighted by Gasteiger charge is -2.27. The molecule has 125 heavy (non-hydrogen) atoms. The van der Waals surface area contributed by atoms with Gasteiger partial charge in [-0.15, -0.1) is 0 Å². The molecule has 1 saturated carbocycles. The van der Waals surface area contributed by atoms with Crippen molar-refractivity contribution in [2.24, 2.45) is 11.8 Å². The Labute approximate surface area is 748 Å². The molecular formula is C94H164O31. The summed E-state index contributed by atoms with van der Waals surface area (Å²) >= 11 is 0. The SMILES string of the molecule is CCCC(=O)OCC1CCC(COC(=O)CCC)CC1.CCCC(=O)OCCC(C)OC(=O)CCC.CCCC(=O)OCCCCCCOC(=O)CCC.CCCC(=O)OCCCCOC(=O)CCC.CCCC(=O)OCCOCCOC(=O)CCC.CCCC(=O)OCCOCCOCCOC(=O)CCC.CCCC(=O)Oc1cccc(OC(=O)CCC)c1. The first-order valence-corrected chi connectivity index (χ1v) is 46.4. The summed E-state index contributed by atoms with van der Waals surface area (Å²) in [5.41, 5.74) is 0. The van der Waals surface area contributed by atoms with Crippen LogP contribution in [0.25, 0.3) is 0 Å². The summed E-state index contributed by atoms with van der Waals surface area (Å²) in [6.07, 6.45) is 27.5. The summed E-state index contributed by atoms with van der Waals surface area (Å²) < 4.78 is 85.9. The Morgan fingerprint density at radius 3 is 0.696 bits per heavy atom. The number of carbonyl (C=O) groups excluding carboxylic acids is 14. The van der Waals surface area contributed by atoms with Crippen LogP contribution in [0.15, 0.2) is 24.3 Å². The second kappa shape index (κ2) is 96.3. The maximum Gasteiger partial charge on any atom is 0.311 e. The summed E-state index contributed by atoms with van der Waals surface area (Å²) in [7, 11) is 0. The second-order valence-corrected chi connectivity index (χ2v) is 29.2. The van der Waals surface area contributed by atoms with Crippen molar-refractivity contribution in [3.05, 3.63) is 24.3 Å². The molecule has 2 rings (SSSR count). The lowest BCUT2D eigenvalue weighted by atomic mass is 9.83. The fourth-order valence-electron chi connectivity index (χ4n) is 10.1. The summed E-state index contributed by atoms with van der Waals surface area (Å²) in [5.74, 6) is -0.631. The molecule has 1 atom stereocenters. The van der Waals surface area contributed by atoms with Crippen LogP contribution in [0.1, 0.15) is 354 Å². The van der Waals surface area contributed by atoms with Crippen LogP contribution in [0.4, 0.5) is 0 Å². The number of unbranched alkanes of at least 4 members (excludes halogenated alkanes) is 4. The highest BCUT2D eigenvalue weighted by Gasteiger charge is 2.24. The van der Waals surface area contributed by atoms with Gasteiger partial charge in [0.1, 0.15) is 44.0 Å². The molecule has 0 spiro atoms. The molecule has 1 aromatic rings. The van der Waals surface area contributed by atoms with Crippen molar-refractivity contribution >= 4 is 83.6 Å². The molecule has 31 nitrogen and oxygen atoms in total. The van der Waals surface area contributed by atoms with E-state index in [-0.39, 0.29) is 116 Å². The second-order valence-electron chi connectivity index (χ2n) is 29.2. The number of hydrogen-bond acceptors (Lipinski definition) is 31. The van der Waals surface area contributed by atoms with Gasteiger partial charge in [0.25, 0.3) is 0 Å². The van der Waals surface area contributed by atoms with Gasteiger partial charge in [0.2, 0.25) is 0 Å². The van der Waals surface area contributed by atoms with Gasteiger partial charge in [0.05, 0.1) is 85.9 Å². The van der Waals surface area contributed by atoms with Gasteiger partial charge < -0.3 is 80.5 Å². The van der Waals surface area contributed by atoms with Crippen molar-refractivity contribution in [2.45, 2.75) is 360 Å². The highest BCUT2D eigenvalue weighted by molar-refractivity contribution is 5.75. The fourth-order valence-corrected chi connectivity index (χ4v) is 10.1. The maximum atomic E-state index is 11.3. The number of esters is 14. The third-order valence-electron chi connectivity index (χ3n) is 16.6. The monoisotopic (exact) mass is 1790 g/mol. The van der Waals surface area contributed by atoms with Gasteiger partial charge in [0, 0.05) is 102 Å². The van der Waals surface area contributed by atoms with Crippen molar-refractivity contribution < 1.29 is 148 Å². The van der Waals surface area contributed by atoms with Crippen LogP contribution in [-0.4, -0.2) is 202 Å². The van der Waals surface area contributed by atoms with E-state index >= 15 is 0 Å². The summed E-state index contributed by atoms with van der Waals surface area (Å²) in [4.78, 5) is 155. The van der Waals surface area contributed by atoms with Gasteiger partial charge in [0.15, 0.2) is 0 Å². The number of rotatable bonds is 65. The predicted octanol–water partition coefficient (Wildman–Crippen LogP) is 18.1. The van der Waals surface area contributed by atoms with Crippen LogP contribution in [-0.2, 0) is 138 Å². The molecule has 1 unspecified atom stereocenters. The van der Waals surface area contributed by atoms with Crippen LogP contribution in [0, 0.1) is 11.8 Å². The molecule has 1 aromatic carbocycles. The van der Waals surface area contributed by atoms with Crippen LogP contribution in [0.3, 0.4) is 0 Å². The molecule has 0 heterocycles. The molecule has 1 aliphatic rings. The average Bonchev–Trinajstić information content (AvgIpc) is 0.897. The van der Waals surface area contributed by atoms with Crippen molar-refractivity contribution in [3.8, 4) is 11.5 Å². The Balaban J connectivity index is -0.000000449. The third-order valence-corrected chi connectivity index (χ3v) is 16.6. The van der Waals surface area contributed by atoms with Gasteiger partial charge in [-0.25, -0.2) is 0 Å². The van der Waals surface area contributed by atoms with E-state index < -0.39 is 0 Å². The normalized spacial score (nSPS) is 12.2. The van der Waals surface area contributed by atoms with Crippen molar-refractivity contribution in [3.63, 3.8) is 0 Å². The Morgan fingerprint density at radius 1 is 0.248 bits per heavy atom. The summed E-state index contributed by atoms with van der Waals surface area (Å²) in [5, 5.41) is 0. The van der Waals surface area contributed by atoms with Gasteiger partial charge in [-0.1, -0.05) is 103 Å². The molecule has 0 radical (unpaired) electrons. The lowest BCUT2D eigenvalue weighted by molar-refractivity contribution is -0.151. The third kappa shape index (κ3) is 96.2. The number of ether oxygens (including phenoxy) is 17. The van der Waals surface area contributed by atoms with E-state index in [4.69, 9.17) is 80.5 Å². The number of carbonyl (C=O) groups is 14. The van der Waals surface area contributed by atoms with Crippen molar-refractivity contribution in [1.82, 2.24) is 0 Å². The quantitative estimate of drug-likeness (QED) is 0.0253. The Bertz CT molecular complexity index is 2700. The molecular weight excluding hydrogens is 1630 g/mol. The van der Waals surface area contributed by atoms with Gasteiger partial charge in [-0.05, 0) is 185 Å². The zero-order valence-corrected chi connectivity index (χ0v) is 79.3. The van der Waals surface area contributed by atoms with E-state index in [0.29, 0.717) is 206 Å². The maximum absolute atomic E-state index is 11.3. The number of hydrogen-bond donors (Lipinski definition) is 0. The topological polar surface area (TPSA) is 396 Å². The molecule has 31 heteroatoms. The first-order valence-electron chi connectivity index (χ1n) is 46.4. The van der Waals surface area contributed by atoms with Gasteiger partial charge >= 0.3 is 83.6 Å². The molecule has 1 fully saturated rings. The molecule has 726 valence electrons. The summed E-state index contributed by atoms with van der Waals surface area (Å²) in [6, 6.07) is 6.54. The van der Waals surface area contributed by atoms with Gasteiger partial charge in [-0.2, -0.15) is 0 Å². The van der Waals surface area contributed by atoms with Crippen molar-refractivity contribution in [2.75, 3.05) is 112 Å². The molecule has 1 aliphatic carbocycles. The van der Waals surface area contributed by atoms with E-state index in [1.807, 2.05) is 96.9 Å². The first-order chi connectivity index (χ1) is 60.2. The van der Waals surface area contributed by atoms with E-state index in [0.717, 1.165) is 154 Å². The Hall–Kier alpha value is -8.32. The van der Waals surface area contributed by atoms with E-state index in [1.165, 1.54) is 0 Å². The van der Waals surface area contributed by atoms with Crippen molar-refractivity contribution in [1.29, 1.82) is 0 Å². The summed E-state index contributed by atoms with van der Waals surface area (Å²) in [6.45, 7) is 35.5. The van der Waals surface area contributed by atoms with E-state index in [9.17, 15) is 67.1 Å². The standard InChI is InChI=1S/C16H28O4.C14H26O6.C14H18O4.C14H26O4.C12H22O5.2C12H22O4/c1-3-5-15(17)19-11-13-7-9-14(10-8-13)12-20-16(18)6-4-2;1-3-5-13(15)19-11-9-17-7-8-18-10-12-20-14(16)6-4-2;1-3-6-13(15)17-11-8-5-9-12(10-11)18-14(16)7-4-2;1-3-9-13(15)17-11-7-5-6-8-12-18-14(16)10-4-2;1-3-5-11(13)16-9-7-15-8-10-17-12(14)6-4-2;1-4-6-11(13)15-9-8-10(3)16-12(14)7-5-2;1-3-7-11(13)15-9-5-6-10-16-12(14)8-4-2/h13-14H,3-12H2,1-2H3;3-12H2,1-2H3;5,8-10H,3-4,6-7H2,1-2H3;3-12H2,1-2H3;3-10H2,1-2H3;10H,4-9H2,1-3H3;3-10H2,1-2H3. The molecule has 0 bridgehead atoms. The minimum Gasteiger partial charge on any atom is -0.466 e. The largest absolute Gasteiger partial charge is 0.466 e. The van der Waals surface area contributed by atoms with E-state index in [1.54, 1.807) is 31.2 Å². The fraction of sp³-hybridized carbons (Fsp3) is 0.787. The molecule has 0 aliphatic heterocycles. The van der Waals surface area contributed by atoms with Crippen LogP contribution < -0.4 is 9.47 Å². The Morgan fingerprint density at radius 2 is 0.448 bits per heavy atom. The van der Waals surface area contributed by atoms with Crippen LogP contribution >= 0.6 is 0 Å². The minimum atomic E-state index is -0.283. The van der Waals surface area contributed by atoms with Crippen LogP contribution in [0.5, 0.6) is 11.5 Å². The average molecular weight is 1790 g/mol. The highest BCUT2D eigenvalue weighted by Crippen LogP contribution is 2.30. The zero-order chi connectivity index (χ0) is 94.4. The highest BCUT2D eigenvalue weighted by atomic mass is 16.6. The molecule has 0 aromatic heterocycles.